The van der Waals surface area contributed by atoms with Crippen LogP contribution >= 0.6 is 7.82 Å². The maximum atomic E-state index is 12.5. The molecule has 3 rings (SSSR count). The predicted octanol–water partition coefficient (Wildman–Crippen LogP) is 5.32. The first-order valence-corrected chi connectivity index (χ1v) is 10.4. The number of ether oxygens (including phenoxy) is 1. The summed E-state index contributed by atoms with van der Waals surface area (Å²) in [7, 11) is -4.39. The first-order valence-electron chi connectivity index (χ1n) is 8.87. The van der Waals surface area contributed by atoms with E-state index in [1.165, 1.54) is 0 Å². The standard InChI is InChI=1S/C21H22NO5P/c1-4-25-21-16(3)22-15(2)14-19(21)18-12-8-9-13-20(18)27-28(23,24)26-17-10-6-5-7-11-17/h5-14H,4H2,1-3H3,(H,23,24). The number of nitrogens with zero attached hydrogens (tertiary/aromatic N) is 1. The van der Waals surface area contributed by atoms with Crippen LogP contribution in [0.2, 0.25) is 0 Å². The predicted molar refractivity (Wildman–Crippen MR) is 108 cm³/mol. The minimum Gasteiger partial charge on any atom is -0.491 e. The molecule has 3 aromatic rings. The van der Waals surface area contributed by atoms with E-state index in [9.17, 15) is 9.46 Å². The van der Waals surface area contributed by atoms with Crippen molar-refractivity contribution >= 4 is 7.82 Å². The fourth-order valence-corrected chi connectivity index (χ4v) is 3.70. The summed E-state index contributed by atoms with van der Waals surface area (Å²) >= 11 is 0. The van der Waals surface area contributed by atoms with Gasteiger partial charge in [-0.15, -0.1) is 0 Å². The molecule has 6 nitrogen and oxygen atoms in total. The quantitative estimate of drug-likeness (QED) is 0.542. The van der Waals surface area contributed by atoms with Gasteiger partial charge in [0.05, 0.1) is 12.3 Å². The number of phosphoric acid groups is 1. The lowest BCUT2D eigenvalue weighted by Crippen LogP contribution is -2.03. The van der Waals surface area contributed by atoms with E-state index in [0.717, 1.165) is 17.0 Å². The number of benzene rings is 2. The van der Waals surface area contributed by atoms with Crippen molar-refractivity contribution in [2.75, 3.05) is 6.61 Å². The van der Waals surface area contributed by atoms with E-state index in [0.29, 0.717) is 17.9 Å². The third kappa shape index (κ3) is 4.71. The van der Waals surface area contributed by atoms with Gasteiger partial charge in [0, 0.05) is 16.8 Å². The minimum absolute atomic E-state index is 0.218. The fourth-order valence-electron chi connectivity index (χ4n) is 2.87. The summed E-state index contributed by atoms with van der Waals surface area (Å²) in [4.78, 5) is 14.7. The lowest BCUT2D eigenvalue weighted by atomic mass is 10.0. The summed E-state index contributed by atoms with van der Waals surface area (Å²) in [5.41, 5.74) is 2.89. The van der Waals surface area contributed by atoms with E-state index in [4.69, 9.17) is 13.8 Å². The Hall–Kier alpha value is -2.82. The lowest BCUT2D eigenvalue weighted by Gasteiger charge is -2.18. The minimum atomic E-state index is -4.39. The highest BCUT2D eigenvalue weighted by Crippen LogP contribution is 2.48. The van der Waals surface area contributed by atoms with Crippen molar-refractivity contribution in [2.45, 2.75) is 20.8 Å². The Bertz CT molecular complexity index is 1010. The maximum absolute atomic E-state index is 12.5. The molecule has 1 aromatic heterocycles. The van der Waals surface area contributed by atoms with Crippen molar-refractivity contribution in [3.63, 3.8) is 0 Å². The highest BCUT2D eigenvalue weighted by atomic mass is 31.2. The second-order valence-electron chi connectivity index (χ2n) is 6.12. The van der Waals surface area contributed by atoms with E-state index in [-0.39, 0.29) is 11.5 Å². The molecule has 0 saturated heterocycles. The zero-order chi connectivity index (χ0) is 20.1. The van der Waals surface area contributed by atoms with Gasteiger partial charge in [0.1, 0.15) is 17.2 Å². The van der Waals surface area contributed by atoms with Crippen molar-refractivity contribution < 1.29 is 23.2 Å². The summed E-state index contributed by atoms with van der Waals surface area (Å²) in [5.74, 6) is 1.08. The molecule has 1 unspecified atom stereocenters. The van der Waals surface area contributed by atoms with Crippen LogP contribution in [0.1, 0.15) is 18.3 Å². The highest BCUT2D eigenvalue weighted by Gasteiger charge is 2.27. The molecule has 7 heteroatoms. The van der Waals surface area contributed by atoms with Gasteiger partial charge in [0.15, 0.2) is 0 Å². The Morgan fingerprint density at radius 2 is 1.64 bits per heavy atom. The van der Waals surface area contributed by atoms with Gasteiger partial charge in [-0.1, -0.05) is 36.4 Å². The van der Waals surface area contributed by atoms with Gasteiger partial charge >= 0.3 is 7.82 Å². The number of aryl methyl sites for hydroxylation is 2. The summed E-state index contributed by atoms with van der Waals surface area (Å²) in [6.45, 7) is 6.10. The monoisotopic (exact) mass is 399 g/mol. The van der Waals surface area contributed by atoms with Crippen LogP contribution in [-0.2, 0) is 4.57 Å². The Balaban J connectivity index is 2.00. The van der Waals surface area contributed by atoms with Gasteiger partial charge in [-0.25, -0.2) is 4.57 Å². The molecule has 0 aliphatic heterocycles. The van der Waals surface area contributed by atoms with Gasteiger partial charge in [-0.2, -0.15) is 0 Å². The molecule has 0 amide bonds. The van der Waals surface area contributed by atoms with Crippen molar-refractivity contribution in [1.82, 2.24) is 4.98 Å². The van der Waals surface area contributed by atoms with Gasteiger partial charge in [0.2, 0.25) is 0 Å². The van der Waals surface area contributed by atoms with E-state index >= 15 is 0 Å². The van der Waals surface area contributed by atoms with Crippen LogP contribution in [0, 0.1) is 13.8 Å². The van der Waals surface area contributed by atoms with Crippen molar-refractivity contribution in [3.05, 3.63) is 72.1 Å². The first-order chi connectivity index (χ1) is 13.4. The summed E-state index contributed by atoms with van der Waals surface area (Å²) < 4.78 is 28.9. The number of aromatic nitrogens is 1. The largest absolute Gasteiger partial charge is 0.584 e. The van der Waals surface area contributed by atoms with E-state index in [2.05, 4.69) is 4.98 Å². The Kier molecular flexibility index (Phi) is 6.02. The van der Waals surface area contributed by atoms with Crippen molar-refractivity contribution in [2.24, 2.45) is 0 Å². The van der Waals surface area contributed by atoms with Crippen molar-refractivity contribution in [1.29, 1.82) is 0 Å². The topological polar surface area (TPSA) is 77.9 Å². The number of hydrogen-bond acceptors (Lipinski definition) is 5. The molecular formula is C21H22NO5P. The average Bonchev–Trinajstić information content (AvgIpc) is 2.64. The van der Waals surface area contributed by atoms with Crippen LogP contribution in [-0.4, -0.2) is 16.5 Å². The SMILES string of the molecule is CCOc1c(-c2ccccc2OP(=O)(O)Oc2ccccc2)cc(C)nc1C. The number of phosphoric ester groups is 1. The van der Waals surface area contributed by atoms with Crippen LogP contribution in [0.15, 0.2) is 60.7 Å². The molecule has 1 N–H and O–H groups in total. The molecule has 146 valence electrons. The third-order valence-electron chi connectivity index (χ3n) is 3.91. The van der Waals surface area contributed by atoms with Crippen molar-refractivity contribution in [3.8, 4) is 28.4 Å². The molecule has 2 aromatic carbocycles. The third-order valence-corrected chi connectivity index (χ3v) is 4.78. The van der Waals surface area contributed by atoms with Crippen LogP contribution in [0.3, 0.4) is 0 Å². The molecule has 0 spiro atoms. The number of rotatable bonds is 7. The van der Waals surface area contributed by atoms with Crippen LogP contribution in [0.4, 0.5) is 0 Å². The molecule has 1 atom stereocenters. The van der Waals surface area contributed by atoms with E-state index in [1.807, 2.05) is 32.9 Å². The zero-order valence-electron chi connectivity index (χ0n) is 16.0. The molecule has 0 saturated carbocycles. The van der Waals surface area contributed by atoms with Gasteiger partial charge < -0.3 is 13.8 Å². The van der Waals surface area contributed by atoms with Crippen LogP contribution in [0.5, 0.6) is 17.2 Å². The fraction of sp³-hybridized carbons (Fsp3) is 0.190. The lowest BCUT2D eigenvalue weighted by molar-refractivity contribution is 0.291. The Labute approximate surface area is 164 Å². The Morgan fingerprint density at radius 1 is 0.964 bits per heavy atom. The molecule has 0 bridgehead atoms. The molecular weight excluding hydrogens is 377 g/mol. The maximum Gasteiger partial charge on any atom is 0.584 e. The normalized spacial score (nSPS) is 12.9. The molecule has 0 radical (unpaired) electrons. The van der Waals surface area contributed by atoms with Gasteiger partial charge in [-0.05, 0) is 45.0 Å². The second kappa shape index (κ2) is 8.46. The van der Waals surface area contributed by atoms with Gasteiger partial charge in [-0.3, -0.25) is 9.88 Å². The summed E-state index contributed by atoms with van der Waals surface area (Å²) in [6.07, 6.45) is 0. The second-order valence-corrected chi connectivity index (χ2v) is 7.42. The Morgan fingerprint density at radius 3 is 2.36 bits per heavy atom. The number of hydrogen-bond donors (Lipinski definition) is 1. The van der Waals surface area contributed by atoms with Crippen LogP contribution in [0.25, 0.3) is 11.1 Å². The summed E-state index contributed by atoms with van der Waals surface area (Å²) in [6, 6.07) is 17.2. The average molecular weight is 399 g/mol. The first kappa shape index (κ1) is 19.9. The number of pyridine rings is 1. The zero-order valence-corrected chi connectivity index (χ0v) is 16.8. The molecule has 0 aliphatic rings. The van der Waals surface area contributed by atoms with Crippen LogP contribution < -0.4 is 13.8 Å². The highest BCUT2D eigenvalue weighted by molar-refractivity contribution is 7.48. The summed E-state index contributed by atoms with van der Waals surface area (Å²) in [5, 5.41) is 0. The molecule has 28 heavy (non-hydrogen) atoms. The van der Waals surface area contributed by atoms with E-state index < -0.39 is 7.82 Å². The van der Waals surface area contributed by atoms with E-state index in [1.54, 1.807) is 48.5 Å². The van der Waals surface area contributed by atoms with Gasteiger partial charge in [0.25, 0.3) is 0 Å². The smallest absolute Gasteiger partial charge is 0.491 e. The number of para-hydroxylation sites is 2. The molecule has 0 aliphatic carbocycles. The molecule has 0 fully saturated rings. The molecule has 1 heterocycles.